The van der Waals surface area contributed by atoms with Crippen molar-refractivity contribution >= 4 is 0 Å². The maximum absolute atomic E-state index is 3.26. The third kappa shape index (κ3) is 4.73. The van der Waals surface area contributed by atoms with E-state index in [1.807, 2.05) is 7.05 Å². The number of hydrogen-bond acceptors (Lipinski definition) is 2. The van der Waals surface area contributed by atoms with Crippen LogP contribution in [-0.2, 0) is 0 Å². The summed E-state index contributed by atoms with van der Waals surface area (Å²) >= 11 is 0. The maximum atomic E-state index is 3.26. The Balaban J connectivity index is 3.78. The molecule has 0 amide bonds. The minimum absolute atomic E-state index is 0.471. The SMILES string of the molecule is CCC(C)(CCN(C)C)CNC. The van der Waals surface area contributed by atoms with Crippen LogP contribution < -0.4 is 5.32 Å². The summed E-state index contributed by atoms with van der Waals surface area (Å²) in [6, 6.07) is 0. The highest BCUT2D eigenvalue weighted by Gasteiger charge is 2.20. The van der Waals surface area contributed by atoms with E-state index in [4.69, 9.17) is 0 Å². The highest BCUT2D eigenvalue weighted by atomic mass is 15.0. The summed E-state index contributed by atoms with van der Waals surface area (Å²) in [5.74, 6) is 0. The van der Waals surface area contributed by atoms with Gasteiger partial charge < -0.3 is 10.2 Å². The fourth-order valence-electron chi connectivity index (χ4n) is 1.31. The van der Waals surface area contributed by atoms with Crippen LogP contribution >= 0.6 is 0 Å². The lowest BCUT2D eigenvalue weighted by Crippen LogP contribution is -2.32. The van der Waals surface area contributed by atoms with E-state index in [1.54, 1.807) is 0 Å². The standard InChI is InChI=1S/C10H24N2/c1-6-10(2,9-11-3)7-8-12(4)5/h11H,6-9H2,1-5H3. The molecule has 0 aliphatic rings. The second-order valence-electron chi connectivity index (χ2n) is 4.25. The van der Waals surface area contributed by atoms with Crippen LogP contribution in [0, 0.1) is 5.41 Å². The second-order valence-corrected chi connectivity index (χ2v) is 4.25. The molecular weight excluding hydrogens is 148 g/mol. The molecule has 0 aliphatic carbocycles. The summed E-state index contributed by atoms with van der Waals surface area (Å²) in [4.78, 5) is 2.25. The molecule has 0 bridgehead atoms. The average molecular weight is 172 g/mol. The quantitative estimate of drug-likeness (QED) is 0.654. The van der Waals surface area contributed by atoms with Crippen molar-refractivity contribution in [3.8, 4) is 0 Å². The highest BCUT2D eigenvalue weighted by Crippen LogP contribution is 2.24. The molecule has 0 aromatic rings. The third-order valence-corrected chi connectivity index (χ3v) is 2.62. The number of nitrogens with zero attached hydrogens (tertiary/aromatic N) is 1. The Morgan fingerprint density at radius 1 is 1.33 bits per heavy atom. The smallest absolute Gasteiger partial charge is 0.000253 e. The minimum atomic E-state index is 0.471. The largest absolute Gasteiger partial charge is 0.319 e. The fraction of sp³-hybridized carbons (Fsp3) is 1.00. The molecule has 12 heavy (non-hydrogen) atoms. The van der Waals surface area contributed by atoms with Gasteiger partial charge in [-0.1, -0.05) is 13.8 Å². The number of hydrogen-bond donors (Lipinski definition) is 1. The Bertz CT molecular complexity index is 112. The number of nitrogens with one attached hydrogen (secondary N) is 1. The number of rotatable bonds is 6. The van der Waals surface area contributed by atoms with Gasteiger partial charge in [-0.15, -0.1) is 0 Å². The molecule has 2 heteroatoms. The average Bonchev–Trinajstić information content (AvgIpc) is 2.02. The van der Waals surface area contributed by atoms with E-state index in [1.165, 1.54) is 19.4 Å². The Hall–Kier alpha value is -0.0800. The van der Waals surface area contributed by atoms with Crippen LogP contribution in [-0.4, -0.2) is 39.1 Å². The van der Waals surface area contributed by atoms with E-state index in [0.717, 1.165) is 6.54 Å². The van der Waals surface area contributed by atoms with Crippen LogP contribution in [0.25, 0.3) is 0 Å². The van der Waals surface area contributed by atoms with Crippen LogP contribution in [0.3, 0.4) is 0 Å². The van der Waals surface area contributed by atoms with Gasteiger partial charge in [0.05, 0.1) is 0 Å². The van der Waals surface area contributed by atoms with Gasteiger partial charge in [0.25, 0.3) is 0 Å². The predicted octanol–water partition coefficient (Wildman–Crippen LogP) is 1.57. The minimum Gasteiger partial charge on any atom is -0.319 e. The zero-order chi connectivity index (χ0) is 9.61. The second kappa shape index (κ2) is 5.55. The topological polar surface area (TPSA) is 15.3 Å². The third-order valence-electron chi connectivity index (χ3n) is 2.62. The van der Waals surface area contributed by atoms with Crippen LogP contribution in [0.1, 0.15) is 26.7 Å². The summed E-state index contributed by atoms with van der Waals surface area (Å²) < 4.78 is 0. The first-order valence-corrected chi connectivity index (χ1v) is 4.83. The lowest BCUT2D eigenvalue weighted by molar-refractivity contribution is 0.237. The molecule has 1 atom stereocenters. The van der Waals surface area contributed by atoms with Crippen molar-refractivity contribution in [3.63, 3.8) is 0 Å². The van der Waals surface area contributed by atoms with Gasteiger partial charge in [-0.3, -0.25) is 0 Å². The molecule has 1 unspecified atom stereocenters. The lowest BCUT2D eigenvalue weighted by atomic mass is 9.84. The van der Waals surface area contributed by atoms with Crippen molar-refractivity contribution in [2.75, 3.05) is 34.2 Å². The van der Waals surface area contributed by atoms with E-state index in [2.05, 4.69) is 38.2 Å². The summed E-state index contributed by atoms with van der Waals surface area (Å²) in [6.07, 6.45) is 2.53. The molecule has 1 N–H and O–H groups in total. The summed E-state index contributed by atoms with van der Waals surface area (Å²) in [6.45, 7) is 6.93. The Labute approximate surface area is 77.3 Å². The van der Waals surface area contributed by atoms with Crippen molar-refractivity contribution < 1.29 is 0 Å². The monoisotopic (exact) mass is 172 g/mol. The molecule has 0 aliphatic heterocycles. The zero-order valence-electron chi connectivity index (χ0n) is 9.28. The molecule has 0 rings (SSSR count). The van der Waals surface area contributed by atoms with Gasteiger partial charge in [0, 0.05) is 6.54 Å². The van der Waals surface area contributed by atoms with Gasteiger partial charge in [-0.2, -0.15) is 0 Å². The zero-order valence-corrected chi connectivity index (χ0v) is 9.28. The Kier molecular flexibility index (Phi) is 5.51. The molecule has 2 nitrogen and oxygen atoms in total. The first kappa shape index (κ1) is 11.9. The van der Waals surface area contributed by atoms with Crippen molar-refractivity contribution in [2.24, 2.45) is 5.41 Å². The summed E-state index contributed by atoms with van der Waals surface area (Å²) in [5.41, 5.74) is 0.471. The van der Waals surface area contributed by atoms with Gasteiger partial charge >= 0.3 is 0 Å². The molecule has 0 saturated heterocycles. The van der Waals surface area contributed by atoms with Crippen LogP contribution in [0.5, 0.6) is 0 Å². The van der Waals surface area contributed by atoms with Gasteiger partial charge in [0.15, 0.2) is 0 Å². The molecule has 0 aromatic carbocycles. The van der Waals surface area contributed by atoms with Crippen LogP contribution in [0.2, 0.25) is 0 Å². The fourth-order valence-corrected chi connectivity index (χ4v) is 1.31. The predicted molar refractivity (Wildman–Crippen MR) is 55.5 cm³/mol. The Morgan fingerprint density at radius 3 is 2.25 bits per heavy atom. The van der Waals surface area contributed by atoms with E-state index in [0.29, 0.717) is 5.41 Å². The Morgan fingerprint density at radius 2 is 1.92 bits per heavy atom. The molecular formula is C10H24N2. The van der Waals surface area contributed by atoms with Crippen molar-refractivity contribution in [1.82, 2.24) is 10.2 Å². The van der Waals surface area contributed by atoms with E-state index >= 15 is 0 Å². The molecule has 0 heterocycles. The maximum Gasteiger partial charge on any atom is 0.000253 e. The lowest BCUT2D eigenvalue weighted by Gasteiger charge is -2.29. The summed E-state index contributed by atoms with van der Waals surface area (Å²) in [5, 5.41) is 3.26. The van der Waals surface area contributed by atoms with E-state index < -0.39 is 0 Å². The molecule has 0 spiro atoms. The van der Waals surface area contributed by atoms with Crippen molar-refractivity contribution in [1.29, 1.82) is 0 Å². The van der Waals surface area contributed by atoms with Gasteiger partial charge in [-0.05, 0) is 45.9 Å². The van der Waals surface area contributed by atoms with Gasteiger partial charge in [-0.25, -0.2) is 0 Å². The normalized spacial score (nSPS) is 16.5. The van der Waals surface area contributed by atoms with Crippen molar-refractivity contribution in [3.05, 3.63) is 0 Å². The molecule has 0 radical (unpaired) electrons. The van der Waals surface area contributed by atoms with Crippen molar-refractivity contribution in [2.45, 2.75) is 26.7 Å². The summed E-state index contributed by atoms with van der Waals surface area (Å²) in [7, 11) is 6.30. The van der Waals surface area contributed by atoms with Crippen LogP contribution in [0.4, 0.5) is 0 Å². The van der Waals surface area contributed by atoms with Gasteiger partial charge in [0.2, 0.25) is 0 Å². The molecule has 74 valence electrons. The molecule has 0 aromatic heterocycles. The first-order chi connectivity index (χ1) is 5.54. The highest BCUT2D eigenvalue weighted by molar-refractivity contribution is 4.75. The molecule has 0 fully saturated rings. The van der Waals surface area contributed by atoms with E-state index in [9.17, 15) is 0 Å². The first-order valence-electron chi connectivity index (χ1n) is 4.83. The van der Waals surface area contributed by atoms with E-state index in [-0.39, 0.29) is 0 Å². The van der Waals surface area contributed by atoms with Crippen LogP contribution in [0.15, 0.2) is 0 Å². The molecule has 0 saturated carbocycles. The van der Waals surface area contributed by atoms with Gasteiger partial charge in [0.1, 0.15) is 0 Å².